The average Bonchev–Trinajstić information content (AvgIpc) is 2.53. The number of alkyl halides is 1. The second-order valence-electron chi connectivity index (χ2n) is 3.55. The van der Waals surface area contributed by atoms with Gasteiger partial charge in [0.15, 0.2) is 5.56 Å². The molecule has 1 N–H and O–H groups in total. The summed E-state index contributed by atoms with van der Waals surface area (Å²) in [5.74, 6) is 0. The van der Waals surface area contributed by atoms with E-state index in [0.29, 0.717) is 0 Å². The third-order valence-electron chi connectivity index (χ3n) is 1.57. The van der Waals surface area contributed by atoms with Crippen molar-refractivity contribution in [2.75, 3.05) is 0 Å². The van der Waals surface area contributed by atoms with Crippen molar-refractivity contribution < 1.29 is 106 Å². The van der Waals surface area contributed by atoms with Gasteiger partial charge in [-0.05, 0) is 5.56 Å². The van der Waals surface area contributed by atoms with Crippen molar-refractivity contribution in [3.8, 4) is 0 Å². The van der Waals surface area contributed by atoms with Crippen LogP contribution in [0.1, 0.15) is 11.1 Å². The number of halogens is 1. The van der Waals surface area contributed by atoms with Crippen LogP contribution < -0.4 is 29.4 Å². The van der Waals surface area contributed by atoms with E-state index in [1.807, 2.05) is 18.2 Å². The van der Waals surface area contributed by atoms with E-state index in [1.165, 1.54) is 0 Å². The number of aliphatic hydroxyl groups is 1. The average molecular weight is 812 g/mol. The molecule has 24 heteroatoms. The number of hydrogen-bond donors (Lipinski definition) is 1. The van der Waals surface area contributed by atoms with E-state index in [2.05, 4.69) is 12.9 Å². The van der Waals surface area contributed by atoms with Gasteiger partial charge in [0.1, 0.15) is 49.5 Å². The maximum atomic E-state index is 9.29. The summed E-state index contributed by atoms with van der Waals surface area (Å²) < 4.78 is 65.4. The Morgan fingerprint density at radius 3 is 0.968 bits per heavy atom. The quantitative estimate of drug-likeness (QED) is 0.219. The summed E-state index contributed by atoms with van der Waals surface area (Å²) in [6, 6.07) is 9.10. The van der Waals surface area contributed by atoms with Crippen LogP contribution in [0.25, 0.3) is 0 Å². The van der Waals surface area contributed by atoms with Gasteiger partial charge in [-0.1, -0.05) is 41.9 Å². The summed E-state index contributed by atoms with van der Waals surface area (Å²) in [6.07, 6.45) is 0. The minimum atomic E-state index is -3.51. The Labute approximate surface area is 207 Å². The number of hydrogen-bond acceptors (Lipinski definition) is 16. The fourth-order valence-corrected chi connectivity index (χ4v) is 2.59. The maximum absolute atomic E-state index is 9.29. The molecule has 7 atom stereocenters. The summed E-state index contributed by atoms with van der Waals surface area (Å²) in [5, 5.41) is 8.79. The molecule has 0 aliphatic carbocycles. The first-order chi connectivity index (χ1) is 13.7. The molecule has 0 saturated carbocycles. The van der Waals surface area contributed by atoms with Gasteiger partial charge >= 0.3 is 31.1 Å². The fourth-order valence-electron chi connectivity index (χ4n) is 0.816. The zero-order valence-corrected chi connectivity index (χ0v) is 25.3. The monoisotopic (exact) mass is 812 g/mol. The first-order valence-electron chi connectivity index (χ1n) is 6.35. The molecule has 0 amide bonds. The molecule has 7 unspecified atom stereocenters. The minimum Gasteiger partial charge on any atom is -0.781 e. The smallest absolute Gasteiger partial charge is 0.781 e. The predicted octanol–water partition coefficient (Wildman–Crippen LogP) is -2.57. The van der Waals surface area contributed by atoms with Crippen LogP contribution in [-0.2, 0) is 40.3 Å². The van der Waals surface area contributed by atoms with Crippen LogP contribution in [-0.4, -0.2) is 5.11 Å². The van der Waals surface area contributed by atoms with Crippen molar-refractivity contribution in [1.29, 1.82) is 0 Å². The molecule has 0 aliphatic heterocycles. The maximum Gasteiger partial charge on any atom is 6.00 e. The van der Waals surface area contributed by atoms with Crippen molar-refractivity contribution in [2.45, 2.75) is 5.56 Å². The largest absolute Gasteiger partial charge is 6.00 e. The zero-order valence-electron chi connectivity index (χ0n) is 14.4. The van der Waals surface area contributed by atoms with Crippen molar-refractivity contribution in [1.82, 2.24) is 0 Å². The van der Waals surface area contributed by atoms with Gasteiger partial charge in [-0.25, -0.2) is 0 Å². The Bertz CT molecular complexity index is 622. The van der Waals surface area contributed by atoms with Crippen molar-refractivity contribution >= 4 is 61.1 Å². The van der Waals surface area contributed by atoms with Gasteiger partial charge in [0.25, 0.3) is 0 Å². The van der Waals surface area contributed by atoms with Crippen LogP contribution in [0, 0.1) is 31.1 Å². The topological polar surface area (TPSA) is 289 Å². The van der Waals surface area contributed by atoms with E-state index in [1.54, 1.807) is 12.1 Å². The van der Waals surface area contributed by atoms with Gasteiger partial charge in [0, 0.05) is 0 Å². The number of benzene rings is 1. The molecule has 0 fully saturated rings. The summed E-state index contributed by atoms with van der Waals surface area (Å²) in [4.78, 5) is 55.7. The van der Waals surface area contributed by atoms with Crippen LogP contribution in [0.4, 0.5) is 0 Å². The Kier molecular flexibility index (Phi) is 33.5. The van der Waals surface area contributed by atoms with Gasteiger partial charge in [0.2, 0.25) is 0 Å². The van der Waals surface area contributed by atoms with Crippen molar-refractivity contribution in [3.05, 3.63) is 35.9 Å². The first kappa shape index (κ1) is 39.7. The van der Waals surface area contributed by atoms with Gasteiger partial charge in [-0.15, -0.1) is 0 Å². The molecule has 0 saturated heterocycles. The summed E-state index contributed by atoms with van der Waals surface area (Å²) in [7, 11) is -21.1. The van der Waals surface area contributed by atoms with Crippen LogP contribution in [0.3, 0.4) is 0 Å². The van der Waals surface area contributed by atoms with E-state index in [0.717, 1.165) is 5.56 Å². The molecule has 0 spiro atoms. The van der Waals surface area contributed by atoms with Gasteiger partial charge in [-0.3, -0.25) is 12.9 Å². The number of aliphatic hydroxyl groups excluding tert-OH is 1. The normalized spacial score (nSPS) is 16.4. The molecule has 1 aromatic rings. The van der Waals surface area contributed by atoms with Crippen LogP contribution in [0.15, 0.2) is 30.3 Å². The third-order valence-corrected chi connectivity index (χ3v) is 5.83. The zero-order chi connectivity index (χ0) is 24.3. The first-order valence-corrected chi connectivity index (χ1v) is 14.1. The number of rotatable bonds is 7. The Morgan fingerprint density at radius 1 is 0.645 bits per heavy atom. The van der Waals surface area contributed by atoms with Crippen LogP contribution in [0.2, 0.25) is 0 Å². The molecule has 0 bridgehead atoms. The van der Waals surface area contributed by atoms with Gasteiger partial charge in [0.05, 0.1) is 0 Å². The Hall–Kier alpha value is 1.54. The molecular formula is C7H13ClO16P6U. The minimum absolute atomic E-state index is 0. The summed E-state index contributed by atoms with van der Waals surface area (Å²) in [6.45, 7) is 0. The molecule has 1 rings (SSSR count). The standard InChI is InChI=1S/C7H7ClO.3H4O5P2.U/c8-7(9)6-4-2-1-3-5-6;3*1-6(2)5-7(3)4;/h1-5,7,9H;3*6-7H,(H,1,2)(H,3,4);/q;;;;+6/p-6. The van der Waals surface area contributed by atoms with Crippen LogP contribution in [0.5, 0.6) is 0 Å². The van der Waals surface area contributed by atoms with E-state index in [-0.39, 0.29) is 31.1 Å². The van der Waals surface area contributed by atoms with Crippen LogP contribution >= 0.6 is 61.1 Å². The predicted molar refractivity (Wildman–Crippen MR) is 94.5 cm³/mol. The summed E-state index contributed by atoms with van der Waals surface area (Å²) >= 11 is 5.36. The molecule has 178 valence electrons. The molecule has 1 aromatic carbocycles. The van der Waals surface area contributed by atoms with Crippen molar-refractivity contribution in [3.63, 3.8) is 0 Å². The van der Waals surface area contributed by atoms with Crippen molar-refractivity contribution in [2.24, 2.45) is 0 Å². The second-order valence-corrected chi connectivity index (χ2v) is 9.42. The third kappa shape index (κ3) is 42.2. The van der Waals surface area contributed by atoms with E-state index >= 15 is 0 Å². The van der Waals surface area contributed by atoms with Gasteiger partial charge < -0.3 is 61.9 Å². The van der Waals surface area contributed by atoms with Gasteiger partial charge in [-0.2, -0.15) is 0 Å². The molecule has 0 aliphatic rings. The molecule has 31 heavy (non-hydrogen) atoms. The molecule has 0 aromatic heterocycles. The molecule has 16 nitrogen and oxygen atoms in total. The molecular weight excluding hydrogens is 799 g/mol. The van der Waals surface area contributed by atoms with E-state index in [4.69, 9.17) is 16.7 Å². The molecule has 0 heterocycles. The Balaban J connectivity index is -0.000000156. The SMILES string of the molecule is O=[PH]([O-])O[PH](=O)[O-].O=[PH]([O-])O[PH](=O)[O-].O=[PH]([O-])O[PH](=O)[O-].OC(Cl)c1ccccc1.[U+6]. The second kappa shape index (κ2) is 26.2. The molecule has 0 radical (unpaired) electrons. The fraction of sp³-hybridized carbons (Fsp3) is 0.143. The van der Waals surface area contributed by atoms with E-state index < -0.39 is 55.1 Å². The Morgan fingerprint density at radius 2 is 0.871 bits per heavy atom. The van der Waals surface area contributed by atoms with E-state index in [9.17, 15) is 56.8 Å². The summed E-state index contributed by atoms with van der Waals surface area (Å²) in [5.41, 5.74) is -0.134.